The number of carbonyl (C=O) groups excluding carboxylic acids is 1. The first-order chi connectivity index (χ1) is 7.06. The summed E-state index contributed by atoms with van der Waals surface area (Å²) in [5.74, 6) is 0.602. The molecule has 1 atom stereocenters. The molecule has 0 rings (SSSR count). The highest BCUT2D eigenvalue weighted by atomic mass is 16.5. The fourth-order valence-electron chi connectivity index (χ4n) is 1.23. The standard InChI is InChI=1S/C12H23NO2/c1-10(2)6-5-7-11(3)8-9-15-12(14)13-4/h6,11H,5,7-9H2,1-4H3,(H,13,14). The molecule has 1 amide bonds. The smallest absolute Gasteiger partial charge is 0.406 e. The summed E-state index contributed by atoms with van der Waals surface area (Å²) < 4.78 is 4.92. The number of rotatable bonds is 6. The Balaban J connectivity index is 3.45. The van der Waals surface area contributed by atoms with Crippen LogP contribution in [0.15, 0.2) is 11.6 Å². The second-order valence-electron chi connectivity index (χ2n) is 4.14. The predicted molar refractivity (Wildman–Crippen MR) is 62.9 cm³/mol. The summed E-state index contributed by atoms with van der Waals surface area (Å²) in [6, 6.07) is 0. The summed E-state index contributed by atoms with van der Waals surface area (Å²) in [5.41, 5.74) is 1.36. The van der Waals surface area contributed by atoms with Gasteiger partial charge in [-0.25, -0.2) is 4.79 Å². The first-order valence-corrected chi connectivity index (χ1v) is 5.54. The average Bonchev–Trinajstić information content (AvgIpc) is 2.17. The molecule has 0 aliphatic rings. The first kappa shape index (κ1) is 14.0. The fourth-order valence-corrected chi connectivity index (χ4v) is 1.23. The molecule has 0 saturated carbocycles. The van der Waals surface area contributed by atoms with Gasteiger partial charge in [-0.05, 0) is 39.0 Å². The molecule has 0 aromatic carbocycles. The van der Waals surface area contributed by atoms with Crippen LogP contribution in [0.3, 0.4) is 0 Å². The summed E-state index contributed by atoms with van der Waals surface area (Å²) >= 11 is 0. The van der Waals surface area contributed by atoms with E-state index in [1.54, 1.807) is 7.05 Å². The molecule has 0 spiro atoms. The number of hydrogen-bond acceptors (Lipinski definition) is 2. The molecule has 0 bridgehead atoms. The lowest BCUT2D eigenvalue weighted by molar-refractivity contribution is 0.141. The van der Waals surface area contributed by atoms with Crippen LogP contribution in [-0.2, 0) is 4.74 Å². The van der Waals surface area contributed by atoms with Gasteiger partial charge in [0.05, 0.1) is 6.61 Å². The van der Waals surface area contributed by atoms with Crippen LogP contribution >= 0.6 is 0 Å². The monoisotopic (exact) mass is 213 g/mol. The van der Waals surface area contributed by atoms with E-state index in [0.29, 0.717) is 12.5 Å². The van der Waals surface area contributed by atoms with Crippen LogP contribution in [0.2, 0.25) is 0 Å². The maximum Gasteiger partial charge on any atom is 0.406 e. The Hall–Kier alpha value is -0.990. The Labute approximate surface area is 92.9 Å². The molecule has 1 unspecified atom stereocenters. The third-order valence-electron chi connectivity index (χ3n) is 2.26. The van der Waals surface area contributed by atoms with Gasteiger partial charge in [0.1, 0.15) is 0 Å². The molecule has 0 aliphatic heterocycles. The zero-order valence-electron chi connectivity index (χ0n) is 10.3. The number of amides is 1. The van der Waals surface area contributed by atoms with Gasteiger partial charge in [0.25, 0.3) is 0 Å². The van der Waals surface area contributed by atoms with Crippen molar-refractivity contribution in [2.75, 3.05) is 13.7 Å². The molecule has 0 saturated heterocycles. The number of ether oxygens (including phenoxy) is 1. The highest BCUT2D eigenvalue weighted by molar-refractivity contribution is 5.66. The van der Waals surface area contributed by atoms with Crippen LogP contribution < -0.4 is 5.32 Å². The van der Waals surface area contributed by atoms with Crippen molar-refractivity contribution in [3.8, 4) is 0 Å². The van der Waals surface area contributed by atoms with Crippen molar-refractivity contribution in [2.24, 2.45) is 5.92 Å². The SMILES string of the molecule is CNC(=O)OCCC(C)CCC=C(C)C. The van der Waals surface area contributed by atoms with Gasteiger partial charge in [-0.3, -0.25) is 0 Å². The Morgan fingerprint density at radius 1 is 1.40 bits per heavy atom. The summed E-state index contributed by atoms with van der Waals surface area (Å²) in [4.78, 5) is 10.8. The van der Waals surface area contributed by atoms with Gasteiger partial charge in [-0.1, -0.05) is 18.6 Å². The van der Waals surface area contributed by atoms with Crippen molar-refractivity contribution in [1.82, 2.24) is 5.32 Å². The normalized spacial score (nSPS) is 11.7. The first-order valence-electron chi connectivity index (χ1n) is 5.54. The topological polar surface area (TPSA) is 38.3 Å². The third-order valence-corrected chi connectivity index (χ3v) is 2.26. The van der Waals surface area contributed by atoms with Gasteiger partial charge in [0.2, 0.25) is 0 Å². The van der Waals surface area contributed by atoms with E-state index >= 15 is 0 Å². The lowest BCUT2D eigenvalue weighted by Gasteiger charge is -2.10. The fraction of sp³-hybridized carbons (Fsp3) is 0.750. The van der Waals surface area contributed by atoms with Gasteiger partial charge in [0.15, 0.2) is 0 Å². The van der Waals surface area contributed by atoms with Crippen molar-refractivity contribution < 1.29 is 9.53 Å². The van der Waals surface area contributed by atoms with E-state index in [1.165, 1.54) is 5.57 Å². The highest BCUT2D eigenvalue weighted by Gasteiger charge is 2.03. The molecule has 3 nitrogen and oxygen atoms in total. The highest BCUT2D eigenvalue weighted by Crippen LogP contribution is 2.11. The van der Waals surface area contributed by atoms with E-state index in [2.05, 4.69) is 32.2 Å². The second-order valence-corrected chi connectivity index (χ2v) is 4.14. The van der Waals surface area contributed by atoms with Crippen molar-refractivity contribution in [1.29, 1.82) is 0 Å². The summed E-state index contributed by atoms with van der Waals surface area (Å²) in [7, 11) is 1.57. The number of hydrogen-bond donors (Lipinski definition) is 1. The molecule has 0 radical (unpaired) electrons. The molecule has 0 aliphatic carbocycles. The van der Waals surface area contributed by atoms with Crippen LogP contribution in [0.5, 0.6) is 0 Å². The van der Waals surface area contributed by atoms with Crippen molar-refractivity contribution in [2.45, 2.75) is 40.0 Å². The molecular weight excluding hydrogens is 190 g/mol. The number of carbonyl (C=O) groups is 1. The average molecular weight is 213 g/mol. The molecule has 1 N–H and O–H groups in total. The molecule has 3 heteroatoms. The Morgan fingerprint density at radius 3 is 2.60 bits per heavy atom. The van der Waals surface area contributed by atoms with Crippen molar-refractivity contribution >= 4 is 6.09 Å². The Bertz CT molecular complexity index is 208. The maximum absolute atomic E-state index is 10.8. The molecule has 0 fully saturated rings. The van der Waals surface area contributed by atoms with E-state index in [0.717, 1.165) is 19.3 Å². The van der Waals surface area contributed by atoms with Gasteiger partial charge >= 0.3 is 6.09 Å². The maximum atomic E-state index is 10.8. The Morgan fingerprint density at radius 2 is 2.07 bits per heavy atom. The molecule has 0 aromatic rings. The molecule has 0 heterocycles. The van der Waals surface area contributed by atoms with Gasteiger partial charge < -0.3 is 10.1 Å². The minimum absolute atomic E-state index is 0.341. The van der Waals surface area contributed by atoms with Gasteiger partial charge in [0, 0.05) is 7.05 Å². The summed E-state index contributed by atoms with van der Waals surface area (Å²) in [6.45, 7) is 6.92. The molecule has 0 aromatic heterocycles. The van der Waals surface area contributed by atoms with Crippen molar-refractivity contribution in [3.63, 3.8) is 0 Å². The zero-order valence-corrected chi connectivity index (χ0v) is 10.3. The largest absolute Gasteiger partial charge is 0.450 e. The van der Waals surface area contributed by atoms with Gasteiger partial charge in [-0.15, -0.1) is 0 Å². The Kier molecular flexibility index (Phi) is 7.78. The second kappa shape index (κ2) is 8.33. The molecular formula is C12H23NO2. The predicted octanol–water partition coefficient (Wildman–Crippen LogP) is 3.12. The number of nitrogens with one attached hydrogen (secondary N) is 1. The van der Waals surface area contributed by atoms with E-state index < -0.39 is 0 Å². The van der Waals surface area contributed by atoms with Crippen LogP contribution in [0.4, 0.5) is 4.79 Å². The van der Waals surface area contributed by atoms with Crippen LogP contribution in [0, 0.1) is 5.92 Å². The molecule has 88 valence electrons. The van der Waals surface area contributed by atoms with Crippen LogP contribution in [-0.4, -0.2) is 19.7 Å². The van der Waals surface area contributed by atoms with Crippen molar-refractivity contribution in [3.05, 3.63) is 11.6 Å². The quantitative estimate of drug-likeness (QED) is 0.688. The van der Waals surface area contributed by atoms with E-state index in [1.807, 2.05) is 0 Å². The minimum atomic E-state index is -0.341. The van der Waals surface area contributed by atoms with E-state index in [9.17, 15) is 4.79 Å². The van der Waals surface area contributed by atoms with E-state index in [4.69, 9.17) is 4.74 Å². The van der Waals surface area contributed by atoms with E-state index in [-0.39, 0.29) is 6.09 Å². The summed E-state index contributed by atoms with van der Waals surface area (Å²) in [5, 5.41) is 2.43. The lowest BCUT2D eigenvalue weighted by Crippen LogP contribution is -2.20. The number of alkyl carbamates (subject to hydrolysis) is 1. The van der Waals surface area contributed by atoms with Crippen LogP contribution in [0.25, 0.3) is 0 Å². The molecule has 15 heavy (non-hydrogen) atoms. The number of allylic oxidation sites excluding steroid dienone is 2. The third kappa shape index (κ3) is 9.32. The zero-order chi connectivity index (χ0) is 11.7. The summed E-state index contributed by atoms with van der Waals surface area (Å²) in [6.07, 6.45) is 5.11. The lowest BCUT2D eigenvalue weighted by atomic mass is 10.0. The van der Waals surface area contributed by atoms with Crippen LogP contribution in [0.1, 0.15) is 40.0 Å². The minimum Gasteiger partial charge on any atom is -0.450 e. The van der Waals surface area contributed by atoms with Gasteiger partial charge in [-0.2, -0.15) is 0 Å².